The zero-order valence-electron chi connectivity index (χ0n) is 20.5. The number of hydrogen-bond acceptors (Lipinski definition) is 9. The summed E-state index contributed by atoms with van der Waals surface area (Å²) in [6, 6.07) is 0.179. The first-order valence-corrected chi connectivity index (χ1v) is 12.6. The van der Waals surface area contributed by atoms with Gasteiger partial charge in [0, 0.05) is 38.5 Å². The predicted octanol–water partition coefficient (Wildman–Crippen LogP) is 3.68. The van der Waals surface area contributed by atoms with Crippen LogP contribution in [0.5, 0.6) is 0 Å². The van der Waals surface area contributed by atoms with Gasteiger partial charge in [-0.05, 0) is 32.5 Å². The van der Waals surface area contributed by atoms with Crippen LogP contribution in [0, 0.1) is 0 Å². The lowest BCUT2D eigenvalue weighted by Crippen LogP contribution is -2.39. The number of piperidine rings is 1. The van der Waals surface area contributed by atoms with E-state index in [-0.39, 0.29) is 22.4 Å². The molecule has 0 saturated carbocycles. The molecule has 1 unspecified atom stereocenters. The van der Waals surface area contributed by atoms with Gasteiger partial charge >= 0.3 is 6.18 Å². The van der Waals surface area contributed by atoms with Crippen LogP contribution in [-0.4, -0.2) is 65.3 Å². The Hall–Kier alpha value is -3.36. The van der Waals surface area contributed by atoms with E-state index in [1.165, 1.54) is 13.2 Å². The molecule has 1 aliphatic heterocycles. The zero-order chi connectivity index (χ0) is 28.0. The van der Waals surface area contributed by atoms with E-state index in [1.54, 1.807) is 13.0 Å². The van der Waals surface area contributed by atoms with Crippen LogP contribution in [0.2, 0.25) is 5.02 Å². The third-order valence-electron chi connectivity index (χ3n) is 5.63. The number of amides is 2. The number of aliphatic imine (C=N–C) groups is 2. The van der Waals surface area contributed by atoms with Crippen LogP contribution in [0.3, 0.4) is 0 Å². The van der Waals surface area contributed by atoms with Gasteiger partial charge in [-0.15, -0.1) is 11.3 Å². The van der Waals surface area contributed by atoms with Crippen molar-refractivity contribution in [3.8, 4) is 0 Å². The van der Waals surface area contributed by atoms with Crippen molar-refractivity contribution in [2.24, 2.45) is 15.7 Å². The van der Waals surface area contributed by atoms with Crippen LogP contribution >= 0.6 is 22.9 Å². The molecule has 1 fully saturated rings. The molecule has 1 aliphatic rings. The Kier molecular flexibility index (Phi) is 9.57. The number of rotatable bonds is 8. The predicted molar refractivity (Wildman–Crippen MR) is 141 cm³/mol. The SMILES string of the molecule is C=N/C(=C\C(=N/C)C(=O)NC(C)c1ncc(C(=O)Nc2cc(C(F)(F)F)c(Cl)cn2)s1)N1CCC(N)CC1. The van der Waals surface area contributed by atoms with E-state index in [0.29, 0.717) is 30.0 Å². The number of anilines is 1. The molecule has 2 amide bonds. The average molecular weight is 571 g/mol. The standard InChI is InChI=1S/C23H26ClF3N8O2S/c1-12(33-20(36)16(29-2)9-19(30-3)35-6-4-13(28)5-7-35)22-32-11-17(38-22)21(37)34-18-8-14(23(25,26)27)15(24)10-31-18/h8-13H,3-7,28H2,1-2H3,(H,33,36)(H,31,34,37)/b19-9+,29-16+. The lowest BCUT2D eigenvalue weighted by molar-refractivity contribution is -0.137. The highest BCUT2D eigenvalue weighted by Crippen LogP contribution is 2.35. The van der Waals surface area contributed by atoms with Crippen LogP contribution in [0.25, 0.3) is 0 Å². The maximum atomic E-state index is 13.1. The van der Waals surface area contributed by atoms with Crippen molar-refractivity contribution >= 4 is 53.0 Å². The van der Waals surface area contributed by atoms with Gasteiger partial charge in [-0.1, -0.05) is 11.6 Å². The van der Waals surface area contributed by atoms with Crippen LogP contribution < -0.4 is 16.4 Å². The largest absolute Gasteiger partial charge is 0.418 e. The number of nitrogens with zero attached hydrogens (tertiary/aromatic N) is 5. The number of aromatic nitrogens is 2. The van der Waals surface area contributed by atoms with E-state index < -0.39 is 34.6 Å². The van der Waals surface area contributed by atoms with Gasteiger partial charge in [-0.2, -0.15) is 13.2 Å². The quantitative estimate of drug-likeness (QED) is 0.414. The maximum absolute atomic E-state index is 13.1. The summed E-state index contributed by atoms with van der Waals surface area (Å²) < 4.78 is 39.2. The summed E-state index contributed by atoms with van der Waals surface area (Å²) in [6.07, 6.45) is 0.502. The molecule has 3 rings (SSSR count). The fourth-order valence-electron chi connectivity index (χ4n) is 3.55. The number of carbonyl (C=O) groups is 2. The van der Waals surface area contributed by atoms with Gasteiger partial charge in [0.2, 0.25) is 0 Å². The fraction of sp³-hybridized carbons (Fsp3) is 0.391. The highest BCUT2D eigenvalue weighted by Gasteiger charge is 2.34. The van der Waals surface area contributed by atoms with Crippen molar-refractivity contribution in [2.75, 3.05) is 25.5 Å². The van der Waals surface area contributed by atoms with E-state index in [0.717, 1.165) is 30.4 Å². The second-order valence-electron chi connectivity index (χ2n) is 8.35. The lowest BCUT2D eigenvalue weighted by Gasteiger charge is -2.31. The first-order chi connectivity index (χ1) is 17.9. The summed E-state index contributed by atoms with van der Waals surface area (Å²) in [4.78, 5) is 43.5. The number of pyridine rings is 1. The molecule has 0 bridgehead atoms. The Morgan fingerprint density at radius 2 is 2.00 bits per heavy atom. The smallest absolute Gasteiger partial charge is 0.356 e. The van der Waals surface area contributed by atoms with E-state index in [9.17, 15) is 22.8 Å². The molecule has 0 aliphatic carbocycles. The summed E-state index contributed by atoms with van der Waals surface area (Å²) >= 11 is 6.53. The maximum Gasteiger partial charge on any atom is 0.418 e. The van der Waals surface area contributed by atoms with E-state index >= 15 is 0 Å². The van der Waals surface area contributed by atoms with Crippen molar-refractivity contribution in [1.82, 2.24) is 20.2 Å². The van der Waals surface area contributed by atoms with Gasteiger partial charge in [-0.25, -0.2) is 15.0 Å². The Morgan fingerprint density at radius 1 is 1.32 bits per heavy atom. The molecule has 2 aromatic heterocycles. The normalized spacial score (nSPS) is 16.2. The van der Waals surface area contributed by atoms with Crippen molar-refractivity contribution in [2.45, 2.75) is 38.0 Å². The third-order valence-corrected chi connectivity index (χ3v) is 7.11. The molecule has 10 nitrogen and oxygen atoms in total. The molecule has 38 heavy (non-hydrogen) atoms. The van der Waals surface area contributed by atoms with Gasteiger partial charge in [0.15, 0.2) is 0 Å². The van der Waals surface area contributed by atoms with Gasteiger partial charge in [0.25, 0.3) is 11.8 Å². The van der Waals surface area contributed by atoms with Crippen molar-refractivity contribution < 1.29 is 22.8 Å². The summed E-state index contributed by atoms with van der Waals surface area (Å²) in [5.41, 5.74) is 4.96. The summed E-state index contributed by atoms with van der Waals surface area (Å²) in [5, 5.41) is 4.88. The summed E-state index contributed by atoms with van der Waals surface area (Å²) in [5.74, 6) is -1.00. The van der Waals surface area contributed by atoms with Crippen LogP contribution in [-0.2, 0) is 11.0 Å². The minimum absolute atomic E-state index is 0.108. The zero-order valence-corrected chi connectivity index (χ0v) is 22.1. The molecule has 0 radical (unpaired) electrons. The highest BCUT2D eigenvalue weighted by atomic mass is 35.5. The first-order valence-electron chi connectivity index (χ1n) is 11.4. The van der Waals surface area contributed by atoms with Crippen LogP contribution in [0.15, 0.2) is 40.3 Å². The summed E-state index contributed by atoms with van der Waals surface area (Å²) in [6.45, 7) is 6.64. The van der Waals surface area contributed by atoms with Gasteiger partial charge in [-0.3, -0.25) is 14.6 Å². The molecule has 204 valence electrons. The molecule has 0 spiro atoms. The van der Waals surface area contributed by atoms with Crippen molar-refractivity contribution in [3.63, 3.8) is 0 Å². The molecule has 4 N–H and O–H groups in total. The molecular formula is C23H26ClF3N8O2S. The second-order valence-corrected chi connectivity index (χ2v) is 9.82. The second kappa shape index (κ2) is 12.5. The minimum atomic E-state index is -4.70. The number of halogens is 4. The number of thiazole rings is 1. The molecular weight excluding hydrogens is 545 g/mol. The minimum Gasteiger partial charge on any atom is -0.356 e. The van der Waals surface area contributed by atoms with Crippen molar-refractivity contribution in [1.29, 1.82) is 0 Å². The molecule has 2 aromatic rings. The van der Waals surface area contributed by atoms with E-state index in [1.807, 2.05) is 4.90 Å². The Labute approximate surface area is 225 Å². The van der Waals surface area contributed by atoms with Gasteiger partial charge in [0.05, 0.1) is 22.8 Å². The van der Waals surface area contributed by atoms with Crippen LogP contribution in [0.1, 0.15) is 46.0 Å². The number of nitrogens with two attached hydrogens (primary N) is 1. The molecule has 15 heteroatoms. The van der Waals surface area contributed by atoms with Gasteiger partial charge < -0.3 is 21.3 Å². The number of nitrogens with one attached hydrogen (secondary N) is 2. The third kappa shape index (κ3) is 7.36. The topological polar surface area (TPSA) is 138 Å². The molecule has 1 saturated heterocycles. The number of likely N-dealkylation sites (tertiary alicyclic amines) is 1. The van der Waals surface area contributed by atoms with Crippen LogP contribution in [0.4, 0.5) is 19.0 Å². The average Bonchev–Trinajstić information content (AvgIpc) is 3.37. The lowest BCUT2D eigenvalue weighted by atomic mass is 10.1. The molecule has 1 atom stereocenters. The highest BCUT2D eigenvalue weighted by molar-refractivity contribution is 7.13. The van der Waals surface area contributed by atoms with Gasteiger partial charge in [0.1, 0.15) is 27.2 Å². The first kappa shape index (κ1) is 29.2. The summed E-state index contributed by atoms with van der Waals surface area (Å²) in [7, 11) is 1.48. The van der Waals surface area contributed by atoms with E-state index in [2.05, 4.69) is 37.3 Å². The fourth-order valence-corrected chi connectivity index (χ4v) is 4.57. The molecule has 3 heterocycles. The Morgan fingerprint density at radius 3 is 2.61 bits per heavy atom. The number of hydrogen-bond donors (Lipinski definition) is 3. The Bertz CT molecular complexity index is 1260. The monoisotopic (exact) mass is 570 g/mol. The molecule has 0 aromatic carbocycles. The number of alkyl halides is 3. The number of carbonyl (C=O) groups excluding carboxylic acids is 2. The van der Waals surface area contributed by atoms with Crippen molar-refractivity contribution in [3.05, 3.63) is 50.8 Å². The Balaban J connectivity index is 1.66. The van der Waals surface area contributed by atoms with E-state index in [4.69, 9.17) is 17.3 Å².